The van der Waals surface area contributed by atoms with Gasteiger partial charge in [-0.2, -0.15) is 0 Å². The van der Waals surface area contributed by atoms with Gasteiger partial charge in [-0.15, -0.1) is 0 Å². The van der Waals surface area contributed by atoms with E-state index >= 15 is 0 Å². The average Bonchev–Trinajstić information content (AvgIpc) is 3.18. The molecule has 0 radical (unpaired) electrons. The molecule has 1 N–H and O–H groups in total. The maximum Gasteiger partial charge on any atom is 0.340 e. The van der Waals surface area contributed by atoms with Gasteiger partial charge in [0.2, 0.25) is 0 Å². The minimum atomic E-state index is -0.509. The van der Waals surface area contributed by atoms with Crippen LogP contribution in [-0.2, 0) is 16.1 Å². The van der Waals surface area contributed by atoms with Gasteiger partial charge in [0.1, 0.15) is 5.76 Å². The molecule has 6 heteroatoms. The predicted octanol–water partition coefficient (Wildman–Crippen LogP) is 3.45. The van der Waals surface area contributed by atoms with Crippen molar-refractivity contribution in [2.24, 2.45) is 0 Å². The fraction of sp³-hybridized carbons (Fsp3) is 0.400. The number of esters is 1. The van der Waals surface area contributed by atoms with Gasteiger partial charge in [-0.1, -0.05) is 12.1 Å². The van der Waals surface area contributed by atoms with Crippen molar-refractivity contribution in [2.45, 2.75) is 38.8 Å². The molecule has 3 rings (SSSR count). The average molecular weight is 356 g/mol. The fourth-order valence-electron chi connectivity index (χ4n) is 3.17. The van der Waals surface area contributed by atoms with Crippen LogP contribution >= 0.6 is 0 Å². The fourth-order valence-corrected chi connectivity index (χ4v) is 3.17. The third-order valence-corrected chi connectivity index (χ3v) is 4.63. The van der Waals surface area contributed by atoms with Crippen LogP contribution < -0.4 is 5.32 Å². The molecule has 1 aliphatic heterocycles. The topological polar surface area (TPSA) is 71.8 Å². The first-order valence-corrected chi connectivity index (χ1v) is 8.97. The number of benzene rings is 1. The maximum absolute atomic E-state index is 12.4. The van der Waals surface area contributed by atoms with Crippen molar-refractivity contribution in [1.29, 1.82) is 0 Å². The molecule has 1 aromatic carbocycles. The van der Waals surface area contributed by atoms with Gasteiger partial charge in [0, 0.05) is 18.3 Å². The van der Waals surface area contributed by atoms with E-state index in [1.807, 2.05) is 25.1 Å². The minimum absolute atomic E-state index is 0.133. The Balaban J connectivity index is 1.58. The summed E-state index contributed by atoms with van der Waals surface area (Å²) in [6.45, 7) is 3.00. The number of carbonyl (C=O) groups is 2. The number of para-hydroxylation sites is 1. The lowest BCUT2D eigenvalue weighted by atomic mass is 10.0. The van der Waals surface area contributed by atoms with Crippen LogP contribution in [0.15, 0.2) is 47.1 Å². The van der Waals surface area contributed by atoms with Crippen LogP contribution in [0.25, 0.3) is 0 Å². The molecule has 0 bridgehead atoms. The highest BCUT2D eigenvalue weighted by Crippen LogP contribution is 2.19. The molecular formula is C20H24N2O4. The van der Waals surface area contributed by atoms with Crippen molar-refractivity contribution < 1.29 is 18.7 Å². The number of nitrogens with zero attached hydrogens (tertiary/aromatic N) is 1. The molecule has 2 heterocycles. The molecular weight excluding hydrogens is 332 g/mol. The van der Waals surface area contributed by atoms with Crippen molar-refractivity contribution in [1.82, 2.24) is 4.90 Å². The number of piperidine rings is 1. The Hall–Kier alpha value is -2.76. The molecule has 1 amide bonds. The van der Waals surface area contributed by atoms with E-state index in [1.54, 1.807) is 29.4 Å². The van der Waals surface area contributed by atoms with Crippen molar-refractivity contribution in [3.8, 4) is 0 Å². The van der Waals surface area contributed by atoms with Crippen molar-refractivity contribution in [2.75, 3.05) is 18.5 Å². The molecule has 1 atom stereocenters. The van der Waals surface area contributed by atoms with Crippen molar-refractivity contribution >= 4 is 17.6 Å². The van der Waals surface area contributed by atoms with E-state index in [-0.39, 0.29) is 18.6 Å². The number of furan rings is 1. The molecule has 2 aromatic rings. The highest BCUT2D eigenvalue weighted by atomic mass is 16.5. The lowest BCUT2D eigenvalue weighted by Crippen LogP contribution is -2.44. The summed E-state index contributed by atoms with van der Waals surface area (Å²) in [6, 6.07) is 11.0. The standard InChI is InChI=1S/C20H24N2O4/c1-15-7-4-5-11-22(15)19(23)14-26-20(24)17-9-2-3-10-18(17)21-13-16-8-6-12-25-16/h2-3,6,8-10,12,15,21H,4-5,7,11,13-14H2,1H3/t15-/m0/s1. The Bertz CT molecular complexity index is 742. The zero-order chi connectivity index (χ0) is 18.4. The van der Waals surface area contributed by atoms with E-state index in [0.29, 0.717) is 17.8 Å². The summed E-state index contributed by atoms with van der Waals surface area (Å²) in [6.07, 6.45) is 4.74. The lowest BCUT2D eigenvalue weighted by molar-refractivity contribution is -0.137. The molecule has 1 saturated heterocycles. The monoisotopic (exact) mass is 356 g/mol. The van der Waals surface area contributed by atoms with Gasteiger partial charge in [0.05, 0.1) is 18.4 Å². The van der Waals surface area contributed by atoms with Crippen molar-refractivity contribution in [3.05, 3.63) is 54.0 Å². The summed E-state index contributed by atoms with van der Waals surface area (Å²) in [7, 11) is 0. The third kappa shape index (κ3) is 4.45. The first-order chi connectivity index (χ1) is 12.6. The minimum Gasteiger partial charge on any atom is -0.467 e. The first kappa shape index (κ1) is 18.0. The number of likely N-dealkylation sites (tertiary alicyclic amines) is 1. The van der Waals surface area contributed by atoms with Gasteiger partial charge in [-0.25, -0.2) is 4.79 Å². The second-order valence-corrected chi connectivity index (χ2v) is 6.49. The number of nitrogens with one attached hydrogen (secondary N) is 1. The summed E-state index contributed by atoms with van der Waals surface area (Å²) in [5, 5.41) is 3.16. The van der Waals surface area contributed by atoms with Gasteiger partial charge in [-0.3, -0.25) is 4.79 Å². The Labute approximate surface area is 153 Å². The molecule has 26 heavy (non-hydrogen) atoms. The quantitative estimate of drug-likeness (QED) is 0.803. The number of hydrogen-bond acceptors (Lipinski definition) is 5. The van der Waals surface area contributed by atoms with Crippen LogP contribution in [0.5, 0.6) is 0 Å². The van der Waals surface area contributed by atoms with Crippen LogP contribution in [0.4, 0.5) is 5.69 Å². The maximum atomic E-state index is 12.4. The second-order valence-electron chi connectivity index (χ2n) is 6.49. The molecule has 0 spiro atoms. The highest BCUT2D eigenvalue weighted by molar-refractivity contribution is 5.96. The summed E-state index contributed by atoms with van der Waals surface area (Å²) in [5.74, 6) is 0.125. The Morgan fingerprint density at radius 2 is 2.08 bits per heavy atom. The molecule has 1 aliphatic rings. The molecule has 1 fully saturated rings. The van der Waals surface area contributed by atoms with Gasteiger partial charge >= 0.3 is 5.97 Å². The molecule has 6 nitrogen and oxygen atoms in total. The van der Waals surface area contributed by atoms with Gasteiger partial charge < -0.3 is 19.4 Å². The Morgan fingerprint density at radius 3 is 2.85 bits per heavy atom. The summed E-state index contributed by atoms with van der Waals surface area (Å²) in [4.78, 5) is 26.6. The van der Waals surface area contributed by atoms with Gasteiger partial charge in [0.25, 0.3) is 5.91 Å². The van der Waals surface area contributed by atoms with E-state index in [4.69, 9.17) is 9.15 Å². The van der Waals surface area contributed by atoms with Gasteiger partial charge in [-0.05, 0) is 50.5 Å². The Kier molecular flexibility index (Phi) is 5.94. The number of hydrogen-bond donors (Lipinski definition) is 1. The zero-order valence-electron chi connectivity index (χ0n) is 14.9. The smallest absolute Gasteiger partial charge is 0.340 e. The number of anilines is 1. The Morgan fingerprint density at radius 1 is 1.23 bits per heavy atom. The SMILES string of the molecule is C[C@H]1CCCCN1C(=O)COC(=O)c1ccccc1NCc1ccco1. The summed E-state index contributed by atoms with van der Waals surface area (Å²) >= 11 is 0. The normalized spacial score (nSPS) is 17.0. The van der Waals surface area contributed by atoms with Crippen LogP contribution in [0, 0.1) is 0 Å². The molecule has 0 aliphatic carbocycles. The van der Waals surface area contributed by atoms with Crippen LogP contribution in [-0.4, -0.2) is 36.0 Å². The first-order valence-electron chi connectivity index (χ1n) is 8.97. The summed E-state index contributed by atoms with van der Waals surface area (Å²) in [5.41, 5.74) is 1.05. The number of rotatable bonds is 6. The van der Waals surface area contributed by atoms with E-state index in [9.17, 15) is 9.59 Å². The zero-order valence-corrected chi connectivity index (χ0v) is 14.9. The van der Waals surface area contributed by atoms with Crippen LogP contribution in [0.2, 0.25) is 0 Å². The third-order valence-electron chi connectivity index (χ3n) is 4.63. The largest absolute Gasteiger partial charge is 0.467 e. The number of amides is 1. The van der Waals surface area contributed by atoms with Crippen LogP contribution in [0.3, 0.4) is 0 Å². The molecule has 138 valence electrons. The highest BCUT2D eigenvalue weighted by Gasteiger charge is 2.24. The van der Waals surface area contributed by atoms with Gasteiger partial charge in [0.15, 0.2) is 6.61 Å². The summed E-state index contributed by atoms with van der Waals surface area (Å²) < 4.78 is 10.6. The molecule has 0 unspecified atom stereocenters. The van der Waals surface area contributed by atoms with E-state index < -0.39 is 5.97 Å². The number of carbonyl (C=O) groups excluding carboxylic acids is 2. The van der Waals surface area contributed by atoms with Crippen molar-refractivity contribution in [3.63, 3.8) is 0 Å². The van der Waals surface area contributed by atoms with E-state index in [0.717, 1.165) is 31.6 Å². The molecule has 0 saturated carbocycles. The number of ether oxygens (including phenoxy) is 1. The lowest BCUT2D eigenvalue weighted by Gasteiger charge is -2.33. The second kappa shape index (κ2) is 8.56. The van der Waals surface area contributed by atoms with E-state index in [1.165, 1.54) is 0 Å². The van der Waals surface area contributed by atoms with Crippen LogP contribution in [0.1, 0.15) is 42.3 Å². The van der Waals surface area contributed by atoms with E-state index in [2.05, 4.69) is 5.32 Å². The predicted molar refractivity (Wildman–Crippen MR) is 97.8 cm³/mol. The molecule has 1 aromatic heterocycles.